The summed E-state index contributed by atoms with van der Waals surface area (Å²) in [5.74, 6) is 1.30. The molecule has 0 radical (unpaired) electrons. The van der Waals surface area contributed by atoms with Crippen LogP contribution in [0.4, 0.5) is 0 Å². The van der Waals surface area contributed by atoms with Crippen molar-refractivity contribution < 1.29 is 0 Å². The standard InChI is InChI=1S/C10H18N2S/c1-9(4-6-11)12-8-10(2)5-3-7-13-10/h9,12H,3-5,7-8H2,1-2H3. The van der Waals surface area contributed by atoms with Crippen molar-refractivity contribution in [1.82, 2.24) is 5.32 Å². The van der Waals surface area contributed by atoms with E-state index in [1.165, 1.54) is 18.6 Å². The predicted molar refractivity (Wildman–Crippen MR) is 57.8 cm³/mol. The fourth-order valence-corrected chi connectivity index (χ4v) is 2.83. The van der Waals surface area contributed by atoms with Crippen LogP contribution in [0.15, 0.2) is 0 Å². The van der Waals surface area contributed by atoms with E-state index in [9.17, 15) is 0 Å². The minimum atomic E-state index is 0.336. The van der Waals surface area contributed by atoms with E-state index in [1.54, 1.807) is 0 Å². The van der Waals surface area contributed by atoms with Crippen molar-refractivity contribution in [3.8, 4) is 6.07 Å². The number of rotatable bonds is 4. The average Bonchev–Trinajstić information content (AvgIpc) is 2.51. The molecule has 1 N–H and O–H groups in total. The maximum absolute atomic E-state index is 8.50. The molecular weight excluding hydrogens is 180 g/mol. The maximum Gasteiger partial charge on any atom is 0.0638 e. The van der Waals surface area contributed by atoms with Crippen LogP contribution in [-0.2, 0) is 0 Å². The summed E-state index contributed by atoms with van der Waals surface area (Å²) in [4.78, 5) is 0. The SMILES string of the molecule is CC(CC#N)NCC1(C)CCCS1. The summed E-state index contributed by atoms with van der Waals surface area (Å²) in [5, 5.41) is 11.9. The Morgan fingerprint density at radius 3 is 3.00 bits per heavy atom. The van der Waals surface area contributed by atoms with Crippen LogP contribution < -0.4 is 5.32 Å². The minimum Gasteiger partial charge on any atom is -0.312 e. The Hall–Kier alpha value is -0.200. The van der Waals surface area contributed by atoms with E-state index in [4.69, 9.17) is 5.26 Å². The van der Waals surface area contributed by atoms with Crippen molar-refractivity contribution in [3.05, 3.63) is 0 Å². The lowest BCUT2D eigenvalue weighted by Gasteiger charge is -2.24. The van der Waals surface area contributed by atoms with Crippen molar-refractivity contribution in [2.24, 2.45) is 0 Å². The molecule has 1 aliphatic rings. The zero-order valence-electron chi connectivity index (χ0n) is 8.47. The second-order valence-corrected chi connectivity index (χ2v) is 5.73. The van der Waals surface area contributed by atoms with Crippen LogP contribution in [0.5, 0.6) is 0 Å². The zero-order chi connectivity index (χ0) is 9.73. The van der Waals surface area contributed by atoms with Crippen LogP contribution in [-0.4, -0.2) is 23.1 Å². The fraction of sp³-hybridized carbons (Fsp3) is 0.900. The van der Waals surface area contributed by atoms with Gasteiger partial charge in [-0.3, -0.25) is 0 Å². The minimum absolute atomic E-state index is 0.336. The Morgan fingerprint density at radius 1 is 1.69 bits per heavy atom. The molecule has 0 aromatic heterocycles. The Bertz CT molecular complexity index is 192. The van der Waals surface area contributed by atoms with E-state index in [2.05, 4.69) is 37.0 Å². The first-order valence-electron chi connectivity index (χ1n) is 4.90. The molecule has 0 saturated carbocycles. The molecule has 0 amide bonds. The van der Waals surface area contributed by atoms with Gasteiger partial charge in [0.2, 0.25) is 0 Å². The van der Waals surface area contributed by atoms with Crippen molar-refractivity contribution >= 4 is 11.8 Å². The second-order valence-electron chi connectivity index (χ2n) is 4.05. The Morgan fingerprint density at radius 2 is 2.46 bits per heavy atom. The highest BCUT2D eigenvalue weighted by Gasteiger charge is 2.29. The first-order valence-corrected chi connectivity index (χ1v) is 5.89. The quantitative estimate of drug-likeness (QED) is 0.752. The summed E-state index contributed by atoms with van der Waals surface area (Å²) < 4.78 is 0.420. The third kappa shape index (κ3) is 3.58. The van der Waals surface area contributed by atoms with Gasteiger partial charge in [0.05, 0.1) is 12.5 Å². The van der Waals surface area contributed by atoms with Crippen molar-refractivity contribution in [2.45, 2.75) is 43.9 Å². The van der Waals surface area contributed by atoms with Gasteiger partial charge in [-0.05, 0) is 32.4 Å². The first-order chi connectivity index (χ1) is 6.16. The second kappa shape index (κ2) is 4.88. The summed E-state index contributed by atoms with van der Waals surface area (Å²) in [6.07, 6.45) is 3.26. The molecule has 1 fully saturated rings. The van der Waals surface area contributed by atoms with Gasteiger partial charge in [0.15, 0.2) is 0 Å². The van der Waals surface area contributed by atoms with Gasteiger partial charge < -0.3 is 5.32 Å². The van der Waals surface area contributed by atoms with E-state index in [0.717, 1.165) is 6.54 Å². The Kier molecular flexibility index (Phi) is 4.08. The number of nitrogens with zero attached hydrogens (tertiary/aromatic N) is 1. The van der Waals surface area contributed by atoms with Crippen LogP contribution in [0.2, 0.25) is 0 Å². The molecule has 2 nitrogen and oxygen atoms in total. The number of hydrogen-bond donors (Lipinski definition) is 1. The van der Waals surface area contributed by atoms with Crippen molar-refractivity contribution in [1.29, 1.82) is 5.26 Å². The predicted octanol–water partition coefficient (Wildman–Crippen LogP) is 2.16. The highest BCUT2D eigenvalue weighted by Crippen LogP contribution is 2.36. The zero-order valence-corrected chi connectivity index (χ0v) is 9.28. The van der Waals surface area contributed by atoms with Gasteiger partial charge in [-0.25, -0.2) is 0 Å². The third-order valence-corrected chi connectivity index (χ3v) is 4.06. The molecule has 1 aliphatic heterocycles. The summed E-state index contributed by atoms with van der Waals surface area (Å²) in [7, 11) is 0. The monoisotopic (exact) mass is 198 g/mol. The lowest BCUT2D eigenvalue weighted by Crippen LogP contribution is -2.37. The summed E-state index contributed by atoms with van der Waals surface area (Å²) in [6, 6.07) is 2.52. The van der Waals surface area contributed by atoms with Crippen LogP contribution in [0.3, 0.4) is 0 Å². The van der Waals surface area contributed by atoms with E-state index < -0.39 is 0 Å². The molecule has 0 spiro atoms. The van der Waals surface area contributed by atoms with Crippen molar-refractivity contribution in [2.75, 3.05) is 12.3 Å². The van der Waals surface area contributed by atoms with Gasteiger partial charge >= 0.3 is 0 Å². The van der Waals surface area contributed by atoms with E-state index in [-0.39, 0.29) is 0 Å². The molecule has 0 aliphatic carbocycles. The molecule has 2 unspecified atom stereocenters. The number of nitrogens with one attached hydrogen (secondary N) is 1. The highest BCUT2D eigenvalue weighted by molar-refractivity contribution is 8.00. The molecule has 1 rings (SSSR count). The van der Waals surface area contributed by atoms with E-state index in [1.807, 2.05) is 0 Å². The Labute approximate surface area is 85.1 Å². The van der Waals surface area contributed by atoms with Gasteiger partial charge in [0.25, 0.3) is 0 Å². The van der Waals surface area contributed by atoms with E-state index in [0.29, 0.717) is 17.2 Å². The van der Waals surface area contributed by atoms with Crippen LogP contribution in [0.1, 0.15) is 33.1 Å². The van der Waals surface area contributed by atoms with Crippen LogP contribution >= 0.6 is 11.8 Å². The first kappa shape index (κ1) is 10.9. The van der Waals surface area contributed by atoms with Gasteiger partial charge in [0, 0.05) is 17.3 Å². The number of hydrogen-bond acceptors (Lipinski definition) is 3. The molecule has 13 heavy (non-hydrogen) atoms. The van der Waals surface area contributed by atoms with E-state index >= 15 is 0 Å². The van der Waals surface area contributed by atoms with Gasteiger partial charge in [-0.15, -0.1) is 0 Å². The van der Waals surface area contributed by atoms with Gasteiger partial charge in [-0.2, -0.15) is 17.0 Å². The molecule has 74 valence electrons. The molecule has 0 bridgehead atoms. The molecule has 0 aromatic carbocycles. The van der Waals surface area contributed by atoms with Crippen molar-refractivity contribution in [3.63, 3.8) is 0 Å². The third-order valence-electron chi connectivity index (χ3n) is 2.52. The van der Waals surface area contributed by atoms with Crippen LogP contribution in [0.25, 0.3) is 0 Å². The molecule has 0 aromatic rings. The molecule has 1 saturated heterocycles. The molecular formula is C10H18N2S. The highest BCUT2D eigenvalue weighted by atomic mass is 32.2. The summed E-state index contributed by atoms with van der Waals surface area (Å²) in [6.45, 7) is 5.43. The molecule has 1 heterocycles. The fourth-order valence-electron chi connectivity index (χ4n) is 1.58. The maximum atomic E-state index is 8.50. The number of thioether (sulfide) groups is 1. The lowest BCUT2D eigenvalue weighted by molar-refractivity contribution is 0.484. The summed E-state index contributed by atoms with van der Waals surface area (Å²) in [5.41, 5.74) is 0. The average molecular weight is 198 g/mol. The molecule has 2 atom stereocenters. The largest absolute Gasteiger partial charge is 0.312 e. The Balaban J connectivity index is 2.21. The smallest absolute Gasteiger partial charge is 0.0638 e. The number of nitriles is 1. The van der Waals surface area contributed by atoms with Crippen LogP contribution in [0, 0.1) is 11.3 Å². The van der Waals surface area contributed by atoms with Gasteiger partial charge in [0.1, 0.15) is 0 Å². The topological polar surface area (TPSA) is 35.8 Å². The van der Waals surface area contributed by atoms with Gasteiger partial charge in [-0.1, -0.05) is 0 Å². The lowest BCUT2D eigenvalue weighted by atomic mass is 10.1. The molecule has 3 heteroatoms. The summed E-state index contributed by atoms with van der Waals surface area (Å²) >= 11 is 2.06. The normalized spacial score (nSPS) is 29.9.